The topological polar surface area (TPSA) is 65.1 Å². The quantitative estimate of drug-likeness (QED) is 0.354. The Morgan fingerprint density at radius 1 is 0.943 bits per heavy atom. The van der Waals surface area contributed by atoms with Crippen LogP contribution in [-0.4, -0.2) is 25.6 Å². The maximum atomic E-state index is 13.0. The molecule has 0 N–H and O–H groups in total. The van der Waals surface area contributed by atoms with Gasteiger partial charge in [-0.3, -0.25) is 9.59 Å². The number of hydrogen-bond acceptors (Lipinski definition) is 5. The van der Waals surface area contributed by atoms with Crippen LogP contribution in [0.5, 0.6) is 5.75 Å². The Balaban J connectivity index is 0.000000179. The minimum atomic E-state index is -0.645. The summed E-state index contributed by atoms with van der Waals surface area (Å²) in [6, 6.07) is 19.0. The van der Waals surface area contributed by atoms with Gasteiger partial charge in [-0.1, -0.05) is 31.2 Å². The number of halogens is 2. The maximum Gasteiger partial charge on any atom is 0.298 e. The number of nitrogens with zero attached hydrogens (tertiary/aromatic N) is 1. The number of rotatable bonds is 6. The van der Waals surface area contributed by atoms with Crippen LogP contribution in [0.2, 0.25) is 0 Å². The molecule has 0 bridgehead atoms. The third-order valence-electron chi connectivity index (χ3n) is 6.01. The van der Waals surface area contributed by atoms with Crippen molar-refractivity contribution in [2.45, 2.75) is 31.6 Å². The average molecular weight is 481 g/mol. The van der Waals surface area contributed by atoms with Gasteiger partial charge in [-0.15, -0.1) is 0 Å². The van der Waals surface area contributed by atoms with Gasteiger partial charge in [0.15, 0.2) is 5.79 Å². The first kappa shape index (κ1) is 24.5. The highest BCUT2D eigenvalue weighted by Crippen LogP contribution is 2.39. The van der Waals surface area contributed by atoms with Gasteiger partial charge >= 0.3 is 0 Å². The first-order valence-electron chi connectivity index (χ1n) is 11.3. The lowest BCUT2D eigenvalue weighted by molar-refractivity contribution is -0.167. The molecule has 2 aliphatic heterocycles. The molecule has 182 valence electrons. The molecule has 2 saturated heterocycles. The molecule has 1 atom stereocenters. The molecule has 0 aliphatic carbocycles. The van der Waals surface area contributed by atoms with Gasteiger partial charge in [-0.05, 0) is 54.1 Å². The van der Waals surface area contributed by atoms with Crippen molar-refractivity contribution in [3.05, 3.63) is 95.6 Å². The Labute approximate surface area is 202 Å². The molecule has 3 aromatic carbocycles. The summed E-state index contributed by atoms with van der Waals surface area (Å²) >= 11 is 0. The zero-order valence-electron chi connectivity index (χ0n) is 19.2. The van der Waals surface area contributed by atoms with Crippen LogP contribution in [0, 0.1) is 11.6 Å². The summed E-state index contributed by atoms with van der Waals surface area (Å²) in [5.74, 6) is -0.766. The summed E-state index contributed by atoms with van der Waals surface area (Å²) in [7, 11) is 0. The van der Waals surface area contributed by atoms with Crippen LogP contribution in [-0.2, 0) is 24.8 Å². The lowest BCUT2D eigenvalue weighted by Gasteiger charge is -2.40. The van der Waals surface area contributed by atoms with Crippen LogP contribution >= 0.6 is 0 Å². The molecule has 2 aliphatic rings. The van der Waals surface area contributed by atoms with E-state index in [2.05, 4.69) is 0 Å². The summed E-state index contributed by atoms with van der Waals surface area (Å²) in [6.07, 6.45) is 1.14. The number of anilines is 1. The number of ether oxygens (including phenoxy) is 3. The highest BCUT2D eigenvalue weighted by molar-refractivity contribution is 6.01. The van der Waals surface area contributed by atoms with Gasteiger partial charge in [0, 0.05) is 17.7 Å². The van der Waals surface area contributed by atoms with Gasteiger partial charge in [0.05, 0.1) is 25.7 Å². The molecule has 2 heterocycles. The average Bonchev–Trinajstić information content (AvgIpc) is 3.36. The van der Waals surface area contributed by atoms with E-state index >= 15 is 0 Å². The fraction of sp³-hybridized carbons (Fsp3) is 0.259. The monoisotopic (exact) mass is 481 g/mol. The van der Waals surface area contributed by atoms with E-state index in [-0.39, 0.29) is 23.6 Å². The predicted octanol–water partition coefficient (Wildman–Crippen LogP) is 5.27. The molecule has 0 saturated carbocycles. The van der Waals surface area contributed by atoms with Crippen molar-refractivity contribution in [3.8, 4) is 5.75 Å². The molecule has 35 heavy (non-hydrogen) atoms. The van der Waals surface area contributed by atoms with Crippen LogP contribution in [0.25, 0.3) is 0 Å². The number of carbonyl (C=O) groups excluding carboxylic acids is 2. The highest BCUT2D eigenvalue weighted by Gasteiger charge is 2.38. The molecule has 6 nitrogen and oxygen atoms in total. The van der Waals surface area contributed by atoms with E-state index in [1.165, 1.54) is 24.3 Å². The van der Waals surface area contributed by atoms with Crippen LogP contribution < -0.4 is 9.64 Å². The predicted molar refractivity (Wildman–Crippen MR) is 125 cm³/mol. The van der Waals surface area contributed by atoms with E-state index < -0.39 is 5.79 Å². The molecule has 2 fully saturated rings. The van der Waals surface area contributed by atoms with Gasteiger partial charge in [0.25, 0.3) is 6.47 Å². The van der Waals surface area contributed by atoms with E-state index in [1.807, 2.05) is 19.1 Å². The standard InChI is InChI=1S/C16H12FNO3.C11H13FO2/c17-12-3-5-13(6-4-12)18-15(9-16(18)20)11-1-7-14(8-2-11)21-10-19;1-2-11(13-7-8-14-11)9-3-5-10(12)6-4-9/h1-8,10,15H,9H2;3-6H,2,7-8H2,1H3. The molecule has 0 aromatic heterocycles. The van der Waals surface area contributed by atoms with Crippen LogP contribution in [0.1, 0.15) is 36.9 Å². The molecule has 0 radical (unpaired) electrons. The van der Waals surface area contributed by atoms with Crippen LogP contribution in [0.15, 0.2) is 72.8 Å². The van der Waals surface area contributed by atoms with Crippen molar-refractivity contribution < 1.29 is 32.6 Å². The van der Waals surface area contributed by atoms with Crippen molar-refractivity contribution in [1.29, 1.82) is 0 Å². The van der Waals surface area contributed by atoms with Crippen LogP contribution in [0.3, 0.4) is 0 Å². The Hall–Kier alpha value is -3.62. The smallest absolute Gasteiger partial charge is 0.298 e. The third-order valence-corrected chi connectivity index (χ3v) is 6.01. The lowest BCUT2D eigenvalue weighted by atomic mass is 9.93. The number of benzene rings is 3. The van der Waals surface area contributed by atoms with Crippen molar-refractivity contribution in [2.75, 3.05) is 18.1 Å². The van der Waals surface area contributed by atoms with Gasteiger partial charge in [0.1, 0.15) is 17.4 Å². The van der Waals surface area contributed by atoms with Crippen molar-refractivity contribution in [3.63, 3.8) is 0 Å². The first-order valence-corrected chi connectivity index (χ1v) is 11.3. The number of β-lactam (4-membered cyclic amide) rings is 1. The summed E-state index contributed by atoms with van der Waals surface area (Å²) in [5, 5.41) is 0. The molecular formula is C27H25F2NO5. The zero-order valence-corrected chi connectivity index (χ0v) is 19.2. The zero-order chi connectivity index (χ0) is 24.8. The first-order chi connectivity index (χ1) is 17.0. The Morgan fingerprint density at radius 3 is 2.03 bits per heavy atom. The summed E-state index contributed by atoms with van der Waals surface area (Å²) in [5.41, 5.74) is 2.50. The van der Waals surface area contributed by atoms with Crippen molar-refractivity contribution in [1.82, 2.24) is 0 Å². The third kappa shape index (κ3) is 5.39. The maximum absolute atomic E-state index is 13.0. The summed E-state index contributed by atoms with van der Waals surface area (Å²) in [6.45, 7) is 3.57. The number of hydrogen-bond donors (Lipinski definition) is 0. The fourth-order valence-corrected chi connectivity index (χ4v) is 4.17. The Kier molecular flexibility index (Phi) is 7.53. The largest absolute Gasteiger partial charge is 0.429 e. The molecule has 5 rings (SSSR count). The Bertz CT molecular complexity index is 1140. The van der Waals surface area contributed by atoms with Crippen molar-refractivity contribution >= 4 is 18.1 Å². The van der Waals surface area contributed by atoms with E-state index in [9.17, 15) is 18.4 Å². The highest BCUT2D eigenvalue weighted by atomic mass is 19.1. The molecule has 1 unspecified atom stereocenters. The van der Waals surface area contributed by atoms with E-state index in [0.29, 0.717) is 37.5 Å². The molecule has 0 spiro atoms. The summed E-state index contributed by atoms with van der Waals surface area (Å²) < 4.78 is 41.6. The molecule has 3 aromatic rings. The molecular weight excluding hydrogens is 456 g/mol. The number of amides is 1. The Morgan fingerprint density at radius 2 is 1.51 bits per heavy atom. The van der Waals surface area contributed by atoms with Gasteiger partial charge in [0.2, 0.25) is 5.91 Å². The van der Waals surface area contributed by atoms with Gasteiger partial charge < -0.3 is 19.1 Å². The fourth-order valence-electron chi connectivity index (χ4n) is 4.17. The normalized spacial score (nSPS) is 18.3. The molecule has 8 heteroatoms. The van der Waals surface area contributed by atoms with E-state index in [0.717, 1.165) is 17.5 Å². The van der Waals surface area contributed by atoms with Crippen LogP contribution in [0.4, 0.5) is 14.5 Å². The second-order valence-corrected chi connectivity index (χ2v) is 8.05. The number of carbonyl (C=O) groups is 2. The van der Waals surface area contributed by atoms with E-state index in [4.69, 9.17) is 14.2 Å². The SMILES string of the molecule is CCC1(c2ccc(F)cc2)OCCO1.O=COc1ccc(C2CC(=O)N2c2ccc(F)cc2)cc1. The van der Waals surface area contributed by atoms with Crippen molar-refractivity contribution in [2.24, 2.45) is 0 Å². The van der Waals surface area contributed by atoms with Gasteiger partial charge in [-0.25, -0.2) is 8.78 Å². The van der Waals surface area contributed by atoms with Gasteiger partial charge in [-0.2, -0.15) is 0 Å². The summed E-state index contributed by atoms with van der Waals surface area (Å²) in [4.78, 5) is 23.7. The minimum Gasteiger partial charge on any atom is -0.429 e. The second kappa shape index (κ2) is 10.8. The lowest BCUT2D eigenvalue weighted by Crippen LogP contribution is -2.46. The second-order valence-electron chi connectivity index (χ2n) is 8.05. The minimum absolute atomic E-state index is 0.000161. The van der Waals surface area contributed by atoms with E-state index in [1.54, 1.807) is 41.3 Å². The molecule has 1 amide bonds.